The summed E-state index contributed by atoms with van der Waals surface area (Å²) in [6.45, 7) is 8.25. The third kappa shape index (κ3) is 28.8. The number of esters is 2. The van der Waals surface area contributed by atoms with Crippen molar-refractivity contribution >= 4 is 25.5 Å². The first-order valence-electron chi connectivity index (χ1n) is 22.4. The number of rotatable bonds is 37. The molecule has 0 spiro atoms. The molecule has 11 nitrogen and oxygen atoms in total. The summed E-state index contributed by atoms with van der Waals surface area (Å²) in [6, 6.07) is 0. The Hall–Kier alpha value is -2.56. The van der Waals surface area contributed by atoms with Crippen molar-refractivity contribution < 1.29 is 51.3 Å². The van der Waals surface area contributed by atoms with Crippen molar-refractivity contribution in [2.24, 2.45) is 0 Å². The molecule has 12 heteroatoms. The van der Waals surface area contributed by atoms with Crippen LogP contribution in [-0.4, -0.2) is 75.8 Å². The normalized spacial score (nSPS) is 13.7. The van der Waals surface area contributed by atoms with Gasteiger partial charge in [0.05, 0.1) is 27.7 Å². The van der Waals surface area contributed by atoms with Crippen molar-refractivity contribution in [1.29, 1.82) is 0 Å². The molecule has 0 radical (unpaired) electrons. The summed E-state index contributed by atoms with van der Waals surface area (Å²) in [4.78, 5) is 49.5. The SMILES string of the molecule is CCCCCC(=O)/C=C/C=C\CCCCCCCC(=O)O[C@H](COC(=O)CCCCCCCCc1oc(CCCCC)c(C)c1C)COP(=O)([O-])OCC[N+](C)(C)C. The van der Waals surface area contributed by atoms with Crippen LogP contribution in [0.5, 0.6) is 0 Å². The average Bonchev–Trinajstić information content (AvgIpc) is 3.43. The number of quaternary nitrogens is 1. The minimum Gasteiger partial charge on any atom is -0.756 e. The Morgan fingerprint density at radius 1 is 0.690 bits per heavy atom. The van der Waals surface area contributed by atoms with E-state index in [4.69, 9.17) is 22.9 Å². The highest BCUT2D eigenvalue weighted by Crippen LogP contribution is 2.38. The average molecular weight is 838 g/mol. The van der Waals surface area contributed by atoms with Crippen LogP contribution >= 0.6 is 7.82 Å². The van der Waals surface area contributed by atoms with Gasteiger partial charge in [0.15, 0.2) is 11.9 Å². The predicted molar refractivity (Wildman–Crippen MR) is 230 cm³/mol. The van der Waals surface area contributed by atoms with Gasteiger partial charge in [-0.3, -0.25) is 18.9 Å². The minimum absolute atomic E-state index is 0.0549. The van der Waals surface area contributed by atoms with Gasteiger partial charge in [-0.1, -0.05) is 103 Å². The van der Waals surface area contributed by atoms with Crippen LogP contribution in [0.15, 0.2) is 28.7 Å². The van der Waals surface area contributed by atoms with E-state index in [-0.39, 0.29) is 31.8 Å². The molecule has 0 saturated carbocycles. The second kappa shape index (κ2) is 32.2. The van der Waals surface area contributed by atoms with E-state index < -0.39 is 32.5 Å². The number of ketones is 1. The zero-order valence-corrected chi connectivity index (χ0v) is 38.3. The fraction of sp³-hybridized carbons (Fsp3) is 0.761. The summed E-state index contributed by atoms with van der Waals surface area (Å²) in [6.07, 6.45) is 27.3. The molecule has 58 heavy (non-hydrogen) atoms. The monoisotopic (exact) mass is 838 g/mol. The van der Waals surface area contributed by atoms with Crippen LogP contribution in [0.25, 0.3) is 0 Å². The first-order valence-corrected chi connectivity index (χ1v) is 23.8. The first kappa shape index (κ1) is 53.5. The van der Waals surface area contributed by atoms with E-state index in [1.165, 1.54) is 30.4 Å². The third-order valence-electron chi connectivity index (χ3n) is 10.2. The highest BCUT2D eigenvalue weighted by atomic mass is 31.2. The van der Waals surface area contributed by atoms with Gasteiger partial charge in [0.25, 0.3) is 7.82 Å². The third-order valence-corrected chi connectivity index (χ3v) is 11.1. The molecule has 0 saturated heterocycles. The molecule has 0 aliphatic carbocycles. The van der Waals surface area contributed by atoms with Crippen molar-refractivity contribution in [3.8, 4) is 0 Å². The van der Waals surface area contributed by atoms with Crippen LogP contribution in [0, 0.1) is 13.8 Å². The summed E-state index contributed by atoms with van der Waals surface area (Å²) in [5.74, 6) is 1.51. The molecule has 0 bridgehead atoms. The Labute approximate surface area is 351 Å². The molecule has 0 aromatic carbocycles. The van der Waals surface area contributed by atoms with E-state index in [9.17, 15) is 23.8 Å². The first-order chi connectivity index (χ1) is 27.7. The van der Waals surface area contributed by atoms with Crippen LogP contribution in [0.3, 0.4) is 0 Å². The number of furan rings is 1. The molecule has 0 amide bonds. The summed E-state index contributed by atoms with van der Waals surface area (Å²) in [5.41, 5.74) is 2.59. The number of carbonyl (C=O) groups excluding carboxylic acids is 3. The van der Waals surface area contributed by atoms with E-state index in [0.29, 0.717) is 30.3 Å². The molecule has 1 heterocycles. The van der Waals surface area contributed by atoms with Gasteiger partial charge in [-0.25, -0.2) is 0 Å². The quantitative estimate of drug-likeness (QED) is 0.0159. The predicted octanol–water partition coefficient (Wildman–Crippen LogP) is 10.6. The van der Waals surface area contributed by atoms with E-state index in [2.05, 4.69) is 33.8 Å². The van der Waals surface area contributed by atoms with Crippen LogP contribution in [0.2, 0.25) is 0 Å². The number of unbranched alkanes of at least 4 members (excludes halogenated alkanes) is 14. The van der Waals surface area contributed by atoms with Crippen molar-refractivity contribution in [2.45, 2.75) is 181 Å². The zero-order chi connectivity index (χ0) is 43.1. The molecular formula is C46H80NO10P. The standard InChI is InChI=1S/C46H80NO10P/c1-8-10-23-29-41(48)30-25-19-15-13-12-14-16-22-28-34-46(50)56-42(38-55-58(51,52)54-36-35-47(5,6)7)37-53-45(49)33-27-21-18-17-20-26-32-44-40(4)39(3)43(57-44)31-24-11-9-2/h15,19,25,30,42H,8-14,16-18,20-24,26-29,31-38H2,1-7H3/b19-15-,30-25+/t42-/m1/s1. The Kier molecular flexibility index (Phi) is 29.7. The second-order valence-corrected chi connectivity index (χ2v) is 18.1. The highest BCUT2D eigenvalue weighted by molar-refractivity contribution is 7.45. The molecule has 0 fully saturated rings. The summed E-state index contributed by atoms with van der Waals surface area (Å²) < 4.78 is 40.1. The van der Waals surface area contributed by atoms with E-state index in [1.807, 2.05) is 33.3 Å². The van der Waals surface area contributed by atoms with Crippen LogP contribution in [0.4, 0.5) is 0 Å². The van der Waals surface area contributed by atoms with Gasteiger partial charge in [0.1, 0.15) is 31.3 Å². The Bertz CT molecular complexity index is 1380. The fourth-order valence-electron chi connectivity index (χ4n) is 6.28. The van der Waals surface area contributed by atoms with E-state index >= 15 is 0 Å². The number of aryl methyl sites for hydroxylation is 2. The van der Waals surface area contributed by atoms with Gasteiger partial charge in [0, 0.05) is 32.1 Å². The number of allylic oxidation sites excluding steroid dienone is 4. The molecule has 1 aromatic rings. The lowest BCUT2D eigenvalue weighted by Gasteiger charge is -2.28. The molecule has 1 aromatic heterocycles. The maximum atomic E-state index is 12.7. The van der Waals surface area contributed by atoms with Crippen LogP contribution in [0.1, 0.15) is 171 Å². The fourth-order valence-corrected chi connectivity index (χ4v) is 7.01. The number of phosphoric acid groups is 1. The smallest absolute Gasteiger partial charge is 0.306 e. The summed E-state index contributed by atoms with van der Waals surface area (Å²) in [7, 11) is 1.08. The second-order valence-electron chi connectivity index (χ2n) is 16.7. The molecule has 0 aliphatic heterocycles. The number of hydrogen-bond donors (Lipinski definition) is 0. The van der Waals surface area contributed by atoms with Gasteiger partial charge >= 0.3 is 11.9 Å². The number of carbonyl (C=O) groups is 3. The Morgan fingerprint density at radius 2 is 1.22 bits per heavy atom. The lowest BCUT2D eigenvalue weighted by atomic mass is 10.0. The lowest BCUT2D eigenvalue weighted by molar-refractivity contribution is -0.870. The molecule has 0 N–H and O–H groups in total. The largest absolute Gasteiger partial charge is 0.756 e. The molecule has 334 valence electrons. The number of nitrogens with zero attached hydrogens (tertiary/aromatic N) is 1. The zero-order valence-electron chi connectivity index (χ0n) is 37.5. The maximum Gasteiger partial charge on any atom is 0.306 e. The number of hydrogen-bond acceptors (Lipinski definition) is 10. The van der Waals surface area contributed by atoms with Gasteiger partial charge in [-0.2, -0.15) is 0 Å². The van der Waals surface area contributed by atoms with Crippen molar-refractivity contribution in [3.05, 3.63) is 47.0 Å². The van der Waals surface area contributed by atoms with Crippen molar-refractivity contribution in [2.75, 3.05) is 47.5 Å². The minimum atomic E-state index is -4.66. The van der Waals surface area contributed by atoms with Crippen molar-refractivity contribution in [3.63, 3.8) is 0 Å². The van der Waals surface area contributed by atoms with Crippen molar-refractivity contribution in [1.82, 2.24) is 0 Å². The van der Waals surface area contributed by atoms with Crippen LogP contribution in [-0.2, 0) is 50.3 Å². The van der Waals surface area contributed by atoms with Gasteiger partial charge in [-0.05, 0) is 76.0 Å². The molecule has 1 unspecified atom stereocenters. The van der Waals surface area contributed by atoms with E-state index in [1.54, 1.807) is 6.08 Å². The summed E-state index contributed by atoms with van der Waals surface area (Å²) in [5, 5.41) is 0. The van der Waals surface area contributed by atoms with Gasteiger partial charge < -0.3 is 32.3 Å². The topological polar surface area (TPSA) is 141 Å². The van der Waals surface area contributed by atoms with Crippen LogP contribution < -0.4 is 4.89 Å². The Balaban J connectivity index is 2.41. The van der Waals surface area contributed by atoms with E-state index in [0.717, 1.165) is 108 Å². The lowest BCUT2D eigenvalue weighted by Crippen LogP contribution is -2.37. The Morgan fingerprint density at radius 3 is 1.84 bits per heavy atom. The van der Waals surface area contributed by atoms with Gasteiger partial charge in [-0.15, -0.1) is 0 Å². The summed E-state index contributed by atoms with van der Waals surface area (Å²) >= 11 is 0. The number of phosphoric ester groups is 1. The molecular weight excluding hydrogens is 757 g/mol. The molecule has 1 rings (SSSR count). The number of ether oxygens (including phenoxy) is 2. The molecule has 0 aliphatic rings. The van der Waals surface area contributed by atoms with Gasteiger partial charge in [0.2, 0.25) is 0 Å². The maximum absolute atomic E-state index is 12.7. The number of likely N-dealkylation sites (N-methyl/N-ethyl adjacent to an activating group) is 1. The highest BCUT2D eigenvalue weighted by Gasteiger charge is 2.22. The molecule has 2 atom stereocenters.